The van der Waals surface area contributed by atoms with Crippen LogP contribution in [0.2, 0.25) is 0 Å². The highest BCUT2D eigenvalue weighted by atomic mass is 32.2. The van der Waals surface area contributed by atoms with Crippen molar-refractivity contribution in [1.82, 2.24) is 0 Å². The van der Waals surface area contributed by atoms with Crippen molar-refractivity contribution in [3.63, 3.8) is 0 Å². The van der Waals surface area contributed by atoms with E-state index < -0.39 is 9.84 Å². The standard InChI is InChI=1S/C5H13NO2S2/c1-10(7,8)3-2-5(6)4-9/h5,9H,2-4,6H2,1H3/t5-/m0/s1. The molecular formula is C5H13NO2S2. The molecule has 0 aromatic heterocycles. The lowest BCUT2D eigenvalue weighted by Gasteiger charge is -2.05. The van der Waals surface area contributed by atoms with E-state index in [9.17, 15) is 8.42 Å². The highest BCUT2D eigenvalue weighted by molar-refractivity contribution is 7.90. The Morgan fingerprint density at radius 1 is 1.60 bits per heavy atom. The molecule has 0 saturated carbocycles. The van der Waals surface area contributed by atoms with Crippen molar-refractivity contribution in [3.8, 4) is 0 Å². The van der Waals surface area contributed by atoms with E-state index in [0.717, 1.165) is 0 Å². The van der Waals surface area contributed by atoms with Crippen LogP contribution in [-0.4, -0.2) is 32.2 Å². The zero-order chi connectivity index (χ0) is 8.20. The molecule has 0 fully saturated rings. The third kappa shape index (κ3) is 6.38. The molecule has 0 saturated heterocycles. The van der Waals surface area contributed by atoms with Crippen LogP contribution >= 0.6 is 12.6 Å². The number of hydrogen-bond acceptors (Lipinski definition) is 4. The van der Waals surface area contributed by atoms with Crippen molar-refractivity contribution < 1.29 is 8.42 Å². The van der Waals surface area contributed by atoms with Gasteiger partial charge in [-0.25, -0.2) is 8.42 Å². The lowest BCUT2D eigenvalue weighted by molar-refractivity contribution is 0.594. The maximum atomic E-state index is 10.6. The summed E-state index contributed by atoms with van der Waals surface area (Å²) in [6, 6.07) is -0.0990. The Kier molecular flexibility index (Phi) is 4.31. The van der Waals surface area contributed by atoms with Gasteiger partial charge in [-0.15, -0.1) is 0 Å². The van der Waals surface area contributed by atoms with Gasteiger partial charge >= 0.3 is 0 Å². The van der Waals surface area contributed by atoms with Gasteiger partial charge in [0, 0.05) is 18.1 Å². The Hall–Kier alpha value is 0.260. The quantitative estimate of drug-likeness (QED) is 0.587. The summed E-state index contributed by atoms with van der Waals surface area (Å²) in [7, 11) is -2.84. The normalized spacial score (nSPS) is 15.1. The van der Waals surface area contributed by atoms with Crippen LogP contribution in [0.3, 0.4) is 0 Å². The molecule has 0 bridgehead atoms. The third-order valence-corrected chi connectivity index (χ3v) is 2.54. The minimum atomic E-state index is -2.84. The molecule has 0 spiro atoms. The molecule has 3 nitrogen and oxygen atoms in total. The van der Waals surface area contributed by atoms with E-state index in [2.05, 4.69) is 12.6 Å². The molecule has 0 aromatic carbocycles. The Morgan fingerprint density at radius 3 is 2.40 bits per heavy atom. The van der Waals surface area contributed by atoms with Crippen molar-refractivity contribution in [2.45, 2.75) is 12.5 Å². The first kappa shape index (κ1) is 10.3. The number of sulfone groups is 1. The topological polar surface area (TPSA) is 60.2 Å². The van der Waals surface area contributed by atoms with E-state index >= 15 is 0 Å². The summed E-state index contributed by atoms with van der Waals surface area (Å²) in [5.74, 6) is 0.699. The molecule has 2 N–H and O–H groups in total. The summed E-state index contributed by atoms with van der Waals surface area (Å²) in [5, 5.41) is 0. The molecule has 5 heteroatoms. The molecule has 62 valence electrons. The zero-order valence-corrected chi connectivity index (χ0v) is 7.66. The van der Waals surface area contributed by atoms with Gasteiger partial charge in [0.2, 0.25) is 0 Å². The largest absolute Gasteiger partial charge is 0.327 e. The van der Waals surface area contributed by atoms with Crippen molar-refractivity contribution in [2.75, 3.05) is 17.8 Å². The fourth-order valence-electron chi connectivity index (χ4n) is 0.457. The summed E-state index contributed by atoms with van der Waals surface area (Å²) in [4.78, 5) is 0. The molecule has 1 atom stereocenters. The van der Waals surface area contributed by atoms with Gasteiger partial charge in [0.05, 0.1) is 5.75 Å². The summed E-state index contributed by atoms with van der Waals surface area (Å²) in [6.45, 7) is 0. The number of thiol groups is 1. The van der Waals surface area contributed by atoms with E-state index in [4.69, 9.17) is 5.73 Å². The molecule has 10 heavy (non-hydrogen) atoms. The van der Waals surface area contributed by atoms with Crippen molar-refractivity contribution in [3.05, 3.63) is 0 Å². The second-order valence-corrected chi connectivity index (χ2v) is 4.99. The molecule has 0 unspecified atom stereocenters. The molecule has 0 aliphatic carbocycles. The van der Waals surface area contributed by atoms with Crippen LogP contribution in [0.1, 0.15) is 6.42 Å². The van der Waals surface area contributed by atoms with Crippen LogP contribution in [0, 0.1) is 0 Å². The smallest absolute Gasteiger partial charge is 0.147 e. The van der Waals surface area contributed by atoms with Crippen molar-refractivity contribution >= 4 is 22.5 Å². The fourth-order valence-corrected chi connectivity index (χ4v) is 1.37. The fraction of sp³-hybridized carbons (Fsp3) is 1.00. The van der Waals surface area contributed by atoms with Crippen LogP contribution in [0.15, 0.2) is 0 Å². The third-order valence-electron chi connectivity index (χ3n) is 1.09. The Labute approximate surface area is 67.3 Å². The van der Waals surface area contributed by atoms with Gasteiger partial charge in [-0.05, 0) is 6.42 Å². The number of nitrogens with two attached hydrogens (primary N) is 1. The van der Waals surface area contributed by atoms with Crippen LogP contribution < -0.4 is 5.73 Å². The van der Waals surface area contributed by atoms with Crippen molar-refractivity contribution in [2.24, 2.45) is 5.73 Å². The van der Waals surface area contributed by atoms with E-state index in [1.54, 1.807) is 0 Å². The van der Waals surface area contributed by atoms with Gasteiger partial charge in [-0.1, -0.05) is 0 Å². The van der Waals surface area contributed by atoms with E-state index in [1.807, 2.05) is 0 Å². The van der Waals surface area contributed by atoms with Gasteiger partial charge in [0.1, 0.15) is 9.84 Å². The van der Waals surface area contributed by atoms with Crippen LogP contribution in [0.4, 0.5) is 0 Å². The maximum Gasteiger partial charge on any atom is 0.147 e. The lowest BCUT2D eigenvalue weighted by Crippen LogP contribution is -2.24. The first-order valence-electron chi connectivity index (χ1n) is 3.00. The molecule has 0 heterocycles. The first-order valence-corrected chi connectivity index (χ1v) is 5.69. The van der Waals surface area contributed by atoms with Gasteiger partial charge in [-0.3, -0.25) is 0 Å². The molecule has 0 aliphatic heterocycles. The molecule has 0 amide bonds. The molecule has 0 rings (SSSR count). The first-order chi connectivity index (χ1) is 4.45. The van der Waals surface area contributed by atoms with Crippen molar-refractivity contribution in [1.29, 1.82) is 0 Å². The van der Waals surface area contributed by atoms with E-state index in [-0.39, 0.29) is 11.8 Å². The van der Waals surface area contributed by atoms with Crippen LogP contribution in [0.25, 0.3) is 0 Å². The highest BCUT2D eigenvalue weighted by Gasteiger charge is 2.05. The molecular weight excluding hydrogens is 170 g/mol. The van der Waals surface area contributed by atoms with Crippen LogP contribution in [-0.2, 0) is 9.84 Å². The summed E-state index contributed by atoms with van der Waals surface area (Å²) in [6.07, 6.45) is 1.71. The van der Waals surface area contributed by atoms with Crippen LogP contribution in [0.5, 0.6) is 0 Å². The summed E-state index contributed by atoms with van der Waals surface area (Å²) >= 11 is 3.93. The predicted molar refractivity (Wildman–Crippen MR) is 46.2 cm³/mol. The number of hydrogen-bond donors (Lipinski definition) is 2. The van der Waals surface area contributed by atoms with E-state index in [1.165, 1.54) is 6.26 Å². The second-order valence-electron chi connectivity index (χ2n) is 2.36. The lowest BCUT2D eigenvalue weighted by atomic mass is 10.3. The highest BCUT2D eigenvalue weighted by Crippen LogP contribution is 1.94. The Morgan fingerprint density at radius 2 is 2.10 bits per heavy atom. The average Bonchev–Trinajstić information content (AvgIpc) is 1.81. The maximum absolute atomic E-state index is 10.6. The average molecular weight is 183 g/mol. The monoisotopic (exact) mass is 183 g/mol. The Balaban J connectivity index is 3.56. The summed E-state index contributed by atoms with van der Waals surface area (Å²) in [5.41, 5.74) is 5.44. The SMILES string of the molecule is CS(=O)(=O)CC[C@H](N)CS. The summed E-state index contributed by atoms with van der Waals surface area (Å²) < 4.78 is 21.1. The molecule has 0 radical (unpaired) electrons. The van der Waals surface area contributed by atoms with Gasteiger partial charge < -0.3 is 5.73 Å². The molecule has 0 aromatic rings. The minimum absolute atomic E-state index is 0.0990. The Bertz CT molecular complexity index is 176. The molecule has 0 aliphatic rings. The minimum Gasteiger partial charge on any atom is -0.327 e. The number of rotatable bonds is 4. The van der Waals surface area contributed by atoms with E-state index in [0.29, 0.717) is 12.2 Å². The second kappa shape index (κ2) is 4.20. The van der Waals surface area contributed by atoms with Gasteiger partial charge in [0.15, 0.2) is 0 Å². The zero-order valence-electron chi connectivity index (χ0n) is 5.95. The van der Waals surface area contributed by atoms with Gasteiger partial charge in [0.25, 0.3) is 0 Å². The van der Waals surface area contributed by atoms with Gasteiger partial charge in [-0.2, -0.15) is 12.6 Å². The predicted octanol–water partition coefficient (Wildman–Crippen LogP) is -0.322.